The number of hydrogen-bond acceptors (Lipinski definition) is 2. The fourth-order valence-electron chi connectivity index (χ4n) is 1.62. The van der Waals surface area contributed by atoms with Gasteiger partial charge < -0.3 is 10.4 Å². The summed E-state index contributed by atoms with van der Waals surface area (Å²) in [5.41, 5.74) is 0. The van der Waals surface area contributed by atoms with Crippen LogP contribution in [0.15, 0.2) is 36.1 Å². The van der Waals surface area contributed by atoms with E-state index < -0.39 is 0 Å². The summed E-state index contributed by atoms with van der Waals surface area (Å²) in [6.45, 7) is 0. The molecule has 2 unspecified atom stereocenters. The van der Waals surface area contributed by atoms with Gasteiger partial charge in [-0.25, -0.2) is 0 Å². The van der Waals surface area contributed by atoms with Crippen molar-refractivity contribution in [2.45, 2.75) is 12.5 Å². The van der Waals surface area contributed by atoms with Gasteiger partial charge in [0.2, 0.25) is 5.91 Å². The molecule has 3 heteroatoms. The molecule has 0 fully saturated rings. The van der Waals surface area contributed by atoms with Gasteiger partial charge in [-0.2, -0.15) is 0 Å². The number of amides is 1. The molecule has 2 N–H and O–H groups in total. The largest absolute Gasteiger partial charge is 0.508 e. The van der Waals surface area contributed by atoms with E-state index in [2.05, 4.69) is 5.32 Å². The lowest BCUT2D eigenvalue weighted by atomic mass is 9.92. The zero-order chi connectivity index (χ0) is 9.26. The van der Waals surface area contributed by atoms with Gasteiger partial charge in [-0.1, -0.05) is 12.2 Å². The Balaban J connectivity index is 2.22. The Morgan fingerprint density at radius 1 is 1.46 bits per heavy atom. The molecule has 0 aromatic carbocycles. The third kappa shape index (κ3) is 1.64. The number of aliphatic hydroxyl groups is 1. The number of fused-ring (bicyclic) bond motifs is 1. The van der Waals surface area contributed by atoms with Crippen LogP contribution in [0.2, 0.25) is 0 Å². The second-order valence-electron chi connectivity index (χ2n) is 3.29. The Morgan fingerprint density at radius 3 is 3.15 bits per heavy atom. The molecule has 2 aliphatic rings. The van der Waals surface area contributed by atoms with Crippen molar-refractivity contribution in [2.24, 2.45) is 5.92 Å². The summed E-state index contributed by atoms with van der Waals surface area (Å²) >= 11 is 0. The maximum Gasteiger partial charge on any atom is 0.244 e. The van der Waals surface area contributed by atoms with E-state index in [1.807, 2.05) is 12.2 Å². The van der Waals surface area contributed by atoms with Crippen LogP contribution in [0.25, 0.3) is 0 Å². The van der Waals surface area contributed by atoms with Crippen molar-refractivity contribution in [1.82, 2.24) is 5.32 Å². The van der Waals surface area contributed by atoms with E-state index in [1.165, 1.54) is 6.08 Å². The number of hydrogen-bond donors (Lipinski definition) is 2. The van der Waals surface area contributed by atoms with Crippen molar-refractivity contribution in [3.05, 3.63) is 36.1 Å². The maximum atomic E-state index is 11.1. The summed E-state index contributed by atoms with van der Waals surface area (Å²) in [5, 5.41) is 12.0. The Kier molecular flexibility index (Phi) is 1.93. The highest BCUT2D eigenvalue weighted by molar-refractivity contribution is 5.88. The van der Waals surface area contributed by atoms with Crippen LogP contribution in [0.1, 0.15) is 6.42 Å². The molecule has 0 aromatic heterocycles. The van der Waals surface area contributed by atoms with Crippen molar-refractivity contribution in [3.8, 4) is 0 Å². The Bertz CT molecular complexity index is 315. The normalized spacial score (nSPS) is 31.7. The quantitative estimate of drug-likeness (QED) is 0.581. The van der Waals surface area contributed by atoms with Crippen molar-refractivity contribution in [1.29, 1.82) is 0 Å². The van der Waals surface area contributed by atoms with Crippen LogP contribution in [0.5, 0.6) is 0 Å². The average Bonchev–Trinajstić information content (AvgIpc) is 2.25. The summed E-state index contributed by atoms with van der Waals surface area (Å²) in [7, 11) is 0. The van der Waals surface area contributed by atoms with Gasteiger partial charge in [0, 0.05) is 5.92 Å². The topological polar surface area (TPSA) is 49.3 Å². The third-order valence-electron chi connectivity index (χ3n) is 2.31. The molecule has 2 atom stereocenters. The SMILES string of the molecule is O=C1C=CCC2C=CC(O)=CC2N1. The summed E-state index contributed by atoms with van der Waals surface area (Å²) in [6.07, 6.45) is 9.51. The molecular weight excluding hydrogens is 166 g/mol. The lowest BCUT2D eigenvalue weighted by molar-refractivity contribution is -0.116. The first-order chi connectivity index (χ1) is 6.25. The molecule has 1 aliphatic carbocycles. The standard InChI is InChI=1S/C10H11NO2/c12-8-5-4-7-2-1-3-10(13)11-9(7)6-8/h1,3-7,9,12H,2H2,(H,11,13). The molecule has 2 rings (SSSR count). The van der Waals surface area contributed by atoms with Gasteiger partial charge in [0.1, 0.15) is 5.76 Å². The zero-order valence-corrected chi connectivity index (χ0v) is 7.10. The van der Waals surface area contributed by atoms with Crippen molar-refractivity contribution in [2.75, 3.05) is 0 Å². The molecule has 0 radical (unpaired) electrons. The van der Waals surface area contributed by atoms with Crippen molar-refractivity contribution in [3.63, 3.8) is 0 Å². The molecule has 3 nitrogen and oxygen atoms in total. The fourth-order valence-corrected chi connectivity index (χ4v) is 1.62. The summed E-state index contributed by atoms with van der Waals surface area (Å²) in [5.74, 6) is 0.411. The highest BCUT2D eigenvalue weighted by Crippen LogP contribution is 2.21. The van der Waals surface area contributed by atoms with Gasteiger partial charge in [0.05, 0.1) is 6.04 Å². The number of nitrogens with one attached hydrogen (secondary N) is 1. The minimum atomic E-state index is -0.0909. The van der Waals surface area contributed by atoms with Crippen LogP contribution in [-0.4, -0.2) is 17.1 Å². The van der Waals surface area contributed by atoms with Gasteiger partial charge in [0.15, 0.2) is 0 Å². The van der Waals surface area contributed by atoms with Gasteiger partial charge in [-0.15, -0.1) is 0 Å². The number of carbonyl (C=O) groups excluding carboxylic acids is 1. The van der Waals surface area contributed by atoms with Gasteiger partial charge in [-0.3, -0.25) is 4.79 Å². The Morgan fingerprint density at radius 2 is 2.31 bits per heavy atom. The molecule has 13 heavy (non-hydrogen) atoms. The van der Waals surface area contributed by atoms with Crippen molar-refractivity contribution < 1.29 is 9.90 Å². The predicted molar refractivity (Wildman–Crippen MR) is 49.0 cm³/mol. The smallest absolute Gasteiger partial charge is 0.244 e. The molecule has 0 saturated carbocycles. The van der Waals surface area contributed by atoms with Crippen LogP contribution in [0.3, 0.4) is 0 Å². The molecule has 1 aliphatic heterocycles. The monoisotopic (exact) mass is 177 g/mol. The van der Waals surface area contributed by atoms with Crippen LogP contribution in [-0.2, 0) is 4.79 Å². The minimum Gasteiger partial charge on any atom is -0.508 e. The van der Waals surface area contributed by atoms with E-state index >= 15 is 0 Å². The minimum absolute atomic E-state index is 0.0625. The first-order valence-corrected chi connectivity index (χ1v) is 4.32. The molecule has 0 saturated heterocycles. The molecule has 68 valence electrons. The highest BCUT2D eigenvalue weighted by Gasteiger charge is 2.22. The molecular formula is C10H11NO2. The number of allylic oxidation sites excluding steroid dienone is 2. The Hall–Kier alpha value is -1.51. The van der Waals surface area contributed by atoms with E-state index in [-0.39, 0.29) is 23.6 Å². The number of rotatable bonds is 0. The molecule has 0 spiro atoms. The van der Waals surface area contributed by atoms with E-state index in [0.29, 0.717) is 0 Å². The molecule has 0 bridgehead atoms. The fraction of sp³-hybridized carbons (Fsp3) is 0.300. The summed E-state index contributed by atoms with van der Waals surface area (Å²) in [6, 6.07) is -0.0625. The first kappa shape index (κ1) is 8.10. The lowest BCUT2D eigenvalue weighted by Gasteiger charge is -2.22. The highest BCUT2D eigenvalue weighted by atomic mass is 16.3. The second-order valence-corrected chi connectivity index (χ2v) is 3.29. The summed E-state index contributed by atoms with van der Waals surface area (Å²) < 4.78 is 0. The average molecular weight is 177 g/mol. The molecule has 0 aromatic rings. The lowest BCUT2D eigenvalue weighted by Crippen LogP contribution is -2.37. The van der Waals surface area contributed by atoms with Gasteiger partial charge in [-0.05, 0) is 24.6 Å². The van der Waals surface area contributed by atoms with Crippen LogP contribution in [0, 0.1) is 5.92 Å². The molecule has 1 heterocycles. The van der Waals surface area contributed by atoms with Crippen LogP contribution < -0.4 is 5.32 Å². The van der Waals surface area contributed by atoms with Crippen LogP contribution in [0.4, 0.5) is 0 Å². The van der Waals surface area contributed by atoms with Gasteiger partial charge >= 0.3 is 0 Å². The van der Waals surface area contributed by atoms with Crippen molar-refractivity contribution >= 4 is 5.91 Å². The summed E-state index contributed by atoms with van der Waals surface area (Å²) in [4.78, 5) is 11.1. The van der Waals surface area contributed by atoms with E-state index in [0.717, 1.165) is 6.42 Å². The maximum absolute atomic E-state index is 11.1. The number of carbonyl (C=O) groups is 1. The van der Waals surface area contributed by atoms with E-state index in [9.17, 15) is 9.90 Å². The predicted octanol–water partition coefficient (Wildman–Crippen LogP) is 1.06. The second kappa shape index (κ2) is 3.09. The Labute approximate surface area is 76.4 Å². The van der Waals surface area contributed by atoms with Crippen LogP contribution >= 0.6 is 0 Å². The van der Waals surface area contributed by atoms with Gasteiger partial charge in [0.25, 0.3) is 0 Å². The molecule has 1 amide bonds. The van der Waals surface area contributed by atoms with E-state index in [1.54, 1.807) is 12.2 Å². The zero-order valence-electron chi connectivity index (χ0n) is 7.10. The first-order valence-electron chi connectivity index (χ1n) is 4.32. The van der Waals surface area contributed by atoms with E-state index in [4.69, 9.17) is 0 Å². The number of aliphatic hydroxyl groups excluding tert-OH is 1. The third-order valence-corrected chi connectivity index (χ3v) is 2.31.